The Balaban J connectivity index is 0.000000108. The van der Waals surface area contributed by atoms with E-state index >= 15 is 0 Å². The molecule has 8 bridgehead atoms. The van der Waals surface area contributed by atoms with Crippen LogP contribution in [-0.4, -0.2) is 24.2 Å². The van der Waals surface area contributed by atoms with E-state index in [9.17, 15) is 0 Å². The topological polar surface area (TPSA) is 0 Å². The number of unbranched alkanes of at least 4 members (excludes halogenated alkanes) is 2. The molecule has 8 aliphatic carbocycles. The van der Waals surface area contributed by atoms with Crippen molar-refractivity contribution in [2.45, 2.75) is 212 Å². The number of rotatable bonds is 8. The van der Waals surface area contributed by atoms with E-state index in [2.05, 4.69) is 318 Å². The molecule has 0 amide bonds. The van der Waals surface area contributed by atoms with Gasteiger partial charge in [0.1, 0.15) is 0 Å². The van der Waals surface area contributed by atoms with Crippen LogP contribution in [0.5, 0.6) is 0 Å². The average Bonchev–Trinajstić information content (AvgIpc) is 1.33. The van der Waals surface area contributed by atoms with Crippen LogP contribution in [0.15, 0.2) is 228 Å². The van der Waals surface area contributed by atoms with Gasteiger partial charge in [0.15, 0.2) is 0 Å². The van der Waals surface area contributed by atoms with Gasteiger partial charge >= 0.3 is 701 Å². The second kappa shape index (κ2) is 26.0. The van der Waals surface area contributed by atoms with Crippen LogP contribution in [0.25, 0.3) is 97.6 Å². The van der Waals surface area contributed by atoms with Gasteiger partial charge in [-0.3, -0.25) is 0 Å². The van der Waals surface area contributed by atoms with Crippen LogP contribution in [0.4, 0.5) is 0 Å². The first kappa shape index (κ1) is 75.0. The fourth-order valence-electron chi connectivity index (χ4n) is 29.9. The summed E-state index contributed by atoms with van der Waals surface area (Å²) >= 11 is -7.97. The zero-order valence-electron chi connectivity index (χ0n) is 71.4. The molecule has 12 aromatic rings. The summed E-state index contributed by atoms with van der Waals surface area (Å²) in [7, 11) is -6.02. The molecule has 0 aromatic heterocycles. The van der Waals surface area contributed by atoms with E-state index in [1.54, 1.807) is 132 Å². The zero-order chi connectivity index (χ0) is 78.8. The fraction of sp³-hybridized carbons (Fsp3) is 0.333. The fourth-order valence-corrected chi connectivity index (χ4v) is 88.9. The summed E-state index contributed by atoms with van der Waals surface area (Å²) in [5.74, 6) is 0. The number of allylic oxidation sites excluding steroid dienone is 6. The van der Waals surface area contributed by atoms with E-state index in [0.29, 0.717) is 23.4 Å². The minimum absolute atomic E-state index is 0.333. The molecule has 0 radical (unpaired) electrons. The Kier molecular flexibility index (Phi) is 17.1. The van der Waals surface area contributed by atoms with Gasteiger partial charge in [0.2, 0.25) is 0 Å². The molecule has 1 saturated heterocycles. The summed E-state index contributed by atoms with van der Waals surface area (Å²) in [5.41, 5.74) is 37.3. The van der Waals surface area contributed by atoms with Crippen LogP contribution < -0.4 is 0 Å². The van der Waals surface area contributed by atoms with Crippen molar-refractivity contribution in [3.8, 4) is 0 Å². The first-order chi connectivity index (χ1) is 54.8. The Morgan fingerprint density at radius 3 is 1.05 bits per heavy atom. The van der Waals surface area contributed by atoms with Gasteiger partial charge in [0.05, 0.1) is 0 Å². The van der Waals surface area contributed by atoms with Gasteiger partial charge in [-0.15, -0.1) is 0 Å². The first-order valence-electron chi connectivity index (χ1n) is 44.2. The van der Waals surface area contributed by atoms with E-state index in [1.165, 1.54) is 120 Å². The normalized spacial score (nSPS) is 24.5. The van der Waals surface area contributed by atoms with Gasteiger partial charge in [-0.25, -0.2) is 0 Å². The molecule has 0 N–H and O–H groups in total. The summed E-state index contributed by atoms with van der Waals surface area (Å²) in [6, 6.07) is 76.6. The number of fused-ring (bicyclic) bond motifs is 30. The predicted octanol–water partition coefficient (Wildman–Crippen LogP) is 31.1. The Bertz CT molecular complexity index is 6150. The standard InChI is InChI=1S/C36H38Si.C34H30Si.C32H30Si.6CH3.Nb.2Ti/c1-5-7-13-29-23-27-21-19-25-15-9-11-17-31(25)33(27)35(29)37(3,4)36-30(14-8-6-2)24-28-22-20-26-16-10-12-18-32(26)34(28)36;1-19-15-27-25-9-5-7-21-11-13-23(31(21)25)17-29(27)33(19)35(3,4)34-20(2)16-28-26-10-6-8-22-12-14-24(32(22)26)18-30(28)34;1-5-21-19-25-17-15-23-11-7-9-13-27(23)29(25)31(21)33(3,4)32-22(6-2)20-26-18-16-24-12-8-10-14-28(24)30(26)32;;;;;;;;;/h9-12,15-24H,5-8,13-14H2,1-4H3;5-10,15-18H,11-14H2,1-4H3;7-20H,5-6H2,1-4H3;6*1H3;;;. The molecule has 6 heteroatoms. The molecule has 573 valence electrons. The zero-order valence-corrected chi connectivity index (χ0v) is 79.7. The van der Waals surface area contributed by atoms with Crippen molar-refractivity contribution in [1.82, 2.24) is 0 Å². The Labute approximate surface area is 694 Å². The SMILES string of the molecule is CC1=Cc2c(cc3c4c(cccc24)CC3)[C]12[Si](C)(C)[C]1(C(C)=Cc3c1cc1c4c(cccc34)CC1)[Ti]2([CH3])[CH3].CCC1=C2c3c(ccc4ccccc34)[CH]1[Ti]([CH3])([CH3])[CH]1C(CC)=C(c3c1ccc1ccccc31)[Si]2(C)C.CCCCC1=C2c3c(ccc4ccccc34)[CH]1[Nb]([CH3])([CH3])[CH]1C(CCCC)=C(c3c1ccc1ccccc31)[Si]2(C)C. The van der Waals surface area contributed by atoms with Crippen molar-refractivity contribution in [2.24, 2.45) is 0 Å². The van der Waals surface area contributed by atoms with Gasteiger partial charge < -0.3 is 0 Å². The molecule has 11 aliphatic rings. The van der Waals surface area contributed by atoms with Crippen molar-refractivity contribution in [2.75, 3.05) is 0 Å². The average molecular weight is 1690 g/mol. The van der Waals surface area contributed by atoms with Crippen LogP contribution >= 0.6 is 0 Å². The number of benzene rings is 12. The maximum absolute atomic E-state index is 2.83. The summed E-state index contributed by atoms with van der Waals surface area (Å²) in [4.78, 5) is 0. The van der Waals surface area contributed by atoms with Crippen LogP contribution in [0.3, 0.4) is 0 Å². The van der Waals surface area contributed by atoms with Gasteiger partial charge in [-0.2, -0.15) is 0 Å². The Morgan fingerprint density at radius 2 is 0.702 bits per heavy atom. The molecular weight excluding hydrogens is 1570 g/mol. The van der Waals surface area contributed by atoms with E-state index in [1.807, 2.05) is 32.7 Å². The molecule has 0 nitrogen and oxygen atoms in total. The molecule has 12 aromatic carbocycles. The maximum atomic E-state index is 2.83. The van der Waals surface area contributed by atoms with Crippen molar-refractivity contribution in [3.05, 3.63) is 317 Å². The monoisotopic (exact) mass is 1690 g/mol. The van der Waals surface area contributed by atoms with Crippen LogP contribution in [0.2, 0.25) is 70.5 Å². The second-order valence-corrected chi connectivity index (χ2v) is 80.2. The number of hydrogen-bond donors (Lipinski definition) is 0. The number of hydrogen-bond acceptors (Lipinski definition) is 0. The molecule has 6 unspecified atom stereocenters. The third-order valence-electron chi connectivity index (χ3n) is 32.9. The Hall–Kier alpha value is -6.54. The van der Waals surface area contributed by atoms with Crippen LogP contribution in [0, 0.1) is 0 Å². The van der Waals surface area contributed by atoms with Gasteiger partial charge in [0, 0.05) is 0 Å². The Morgan fingerprint density at radius 1 is 0.377 bits per heavy atom. The second-order valence-electron chi connectivity index (χ2n) is 40.0. The summed E-state index contributed by atoms with van der Waals surface area (Å²) < 4.78 is 3.32. The van der Waals surface area contributed by atoms with E-state index in [0.717, 1.165) is 0 Å². The molecular formula is C108H116NbSi3Ti2. The molecule has 1 fully saturated rings. The van der Waals surface area contributed by atoms with Gasteiger partial charge in [-0.05, 0) is 0 Å². The molecule has 23 rings (SSSR count). The van der Waals surface area contributed by atoms with Crippen LogP contribution in [-0.2, 0) is 82.7 Å². The molecule has 0 saturated carbocycles. The van der Waals surface area contributed by atoms with Gasteiger partial charge in [0.25, 0.3) is 0 Å². The molecule has 114 heavy (non-hydrogen) atoms. The predicted molar refractivity (Wildman–Crippen MR) is 495 cm³/mol. The van der Waals surface area contributed by atoms with Crippen LogP contribution in [0.1, 0.15) is 199 Å². The molecule has 6 atom stereocenters. The van der Waals surface area contributed by atoms with Crippen molar-refractivity contribution < 1.29 is 50.3 Å². The third-order valence-corrected chi connectivity index (χ3v) is 80.4. The minimum atomic E-state index is -2.79. The molecule has 3 aliphatic heterocycles. The molecule has 2 spiro atoms. The van der Waals surface area contributed by atoms with Gasteiger partial charge in [-0.1, -0.05) is 0 Å². The third kappa shape index (κ3) is 9.32. The quantitative estimate of drug-likeness (QED) is 0.133. The summed E-state index contributed by atoms with van der Waals surface area (Å²) in [6.45, 7) is 31.2. The summed E-state index contributed by atoms with van der Waals surface area (Å²) in [6.07, 6.45) is 20.3. The van der Waals surface area contributed by atoms with Crippen molar-refractivity contribution in [3.63, 3.8) is 0 Å². The van der Waals surface area contributed by atoms with Crippen molar-refractivity contribution >= 4 is 122 Å². The van der Waals surface area contributed by atoms with E-state index in [4.69, 9.17) is 0 Å². The number of aryl methyl sites for hydroxylation is 4. The molecule has 3 heterocycles. The van der Waals surface area contributed by atoms with E-state index < -0.39 is 74.5 Å². The first-order valence-corrected chi connectivity index (χ1v) is 69.8. The van der Waals surface area contributed by atoms with E-state index in [-0.39, 0.29) is 0 Å². The van der Waals surface area contributed by atoms with Crippen molar-refractivity contribution in [1.29, 1.82) is 0 Å². The summed E-state index contributed by atoms with van der Waals surface area (Å²) in [5, 5.41) is 42.0.